The molecule has 0 spiro atoms. The summed E-state index contributed by atoms with van der Waals surface area (Å²) in [5, 5.41) is 3.58. The Hall–Kier alpha value is -2.37. The van der Waals surface area contributed by atoms with E-state index in [2.05, 4.69) is 20.3 Å². The van der Waals surface area contributed by atoms with Crippen LogP contribution in [0.5, 0.6) is 10.8 Å². The Labute approximate surface area is 170 Å². The molecule has 11 heteroatoms. The summed E-state index contributed by atoms with van der Waals surface area (Å²) in [7, 11) is 1.68. The van der Waals surface area contributed by atoms with Crippen molar-refractivity contribution in [1.82, 2.24) is 15.0 Å². The van der Waals surface area contributed by atoms with Gasteiger partial charge in [-0.15, -0.1) is 0 Å². The zero-order valence-electron chi connectivity index (χ0n) is 15.8. The van der Waals surface area contributed by atoms with Gasteiger partial charge in [-0.2, -0.15) is 9.37 Å². The molecule has 6 rings (SSSR count). The van der Waals surface area contributed by atoms with Crippen molar-refractivity contribution in [1.29, 1.82) is 0 Å². The van der Waals surface area contributed by atoms with E-state index in [-0.39, 0.29) is 22.7 Å². The number of anilines is 2. The highest BCUT2D eigenvalue weighted by Crippen LogP contribution is 2.69. The minimum atomic E-state index is -0.751. The Morgan fingerprint density at radius 2 is 2.03 bits per heavy atom. The number of ether oxygens (including phenoxy) is 3. The summed E-state index contributed by atoms with van der Waals surface area (Å²) in [4.78, 5) is 26.6. The number of nitrogens with one attached hydrogen (secondary N) is 1. The van der Waals surface area contributed by atoms with Crippen LogP contribution in [0.4, 0.5) is 15.5 Å². The third-order valence-electron chi connectivity index (χ3n) is 5.80. The summed E-state index contributed by atoms with van der Waals surface area (Å²) in [5.74, 6) is -0.589. The second-order valence-electron chi connectivity index (χ2n) is 7.66. The SMILES string of the molecule is COC12CC(C(=O)Nc3ncc(Oc4cnc(N5CCOCC5)nc4F)s3)(C1)C2. The fourth-order valence-electron chi connectivity index (χ4n) is 4.18. The van der Waals surface area contributed by atoms with Gasteiger partial charge in [0.25, 0.3) is 5.95 Å². The van der Waals surface area contributed by atoms with Crippen LogP contribution in [0.25, 0.3) is 0 Å². The Balaban J connectivity index is 1.21. The van der Waals surface area contributed by atoms with Crippen molar-refractivity contribution < 1.29 is 23.4 Å². The van der Waals surface area contributed by atoms with Crippen LogP contribution in [-0.2, 0) is 14.3 Å². The number of amides is 1. The Morgan fingerprint density at radius 3 is 2.72 bits per heavy atom. The summed E-state index contributed by atoms with van der Waals surface area (Å²) < 4.78 is 30.6. The maximum Gasteiger partial charge on any atom is 0.260 e. The minimum Gasteiger partial charge on any atom is -0.438 e. The fourth-order valence-corrected chi connectivity index (χ4v) is 4.86. The van der Waals surface area contributed by atoms with Crippen LogP contribution in [0.3, 0.4) is 0 Å². The van der Waals surface area contributed by atoms with Crippen molar-refractivity contribution in [3.8, 4) is 10.8 Å². The van der Waals surface area contributed by atoms with Gasteiger partial charge in [-0.25, -0.2) is 9.97 Å². The summed E-state index contributed by atoms with van der Waals surface area (Å²) in [6, 6.07) is 0. The molecular weight excluding hydrogens is 401 g/mol. The van der Waals surface area contributed by atoms with E-state index in [0.29, 0.717) is 42.4 Å². The molecule has 29 heavy (non-hydrogen) atoms. The largest absolute Gasteiger partial charge is 0.438 e. The molecule has 2 aromatic heterocycles. The van der Waals surface area contributed by atoms with Gasteiger partial charge in [0.2, 0.25) is 22.7 Å². The van der Waals surface area contributed by atoms with Crippen LogP contribution in [0.2, 0.25) is 0 Å². The van der Waals surface area contributed by atoms with E-state index < -0.39 is 5.95 Å². The zero-order chi connectivity index (χ0) is 20.1. The van der Waals surface area contributed by atoms with Crippen LogP contribution in [0, 0.1) is 11.4 Å². The summed E-state index contributed by atoms with van der Waals surface area (Å²) in [5.41, 5.74) is -0.433. The smallest absolute Gasteiger partial charge is 0.260 e. The minimum absolute atomic E-state index is 0.0540. The molecular formula is C18H20FN5O4S. The van der Waals surface area contributed by atoms with Crippen molar-refractivity contribution >= 4 is 28.3 Å². The number of rotatable bonds is 6. The van der Waals surface area contributed by atoms with Crippen LogP contribution >= 0.6 is 11.3 Å². The van der Waals surface area contributed by atoms with Crippen molar-refractivity contribution in [2.75, 3.05) is 43.6 Å². The molecule has 4 aliphatic rings. The van der Waals surface area contributed by atoms with E-state index in [0.717, 1.165) is 30.6 Å². The maximum absolute atomic E-state index is 14.4. The average Bonchev–Trinajstić information content (AvgIpc) is 3.09. The van der Waals surface area contributed by atoms with E-state index >= 15 is 0 Å². The Morgan fingerprint density at radius 1 is 1.28 bits per heavy atom. The van der Waals surface area contributed by atoms with Crippen molar-refractivity contribution in [2.24, 2.45) is 5.41 Å². The molecule has 2 bridgehead atoms. The predicted molar refractivity (Wildman–Crippen MR) is 102 cm³/mol. The summed E-state index contributed by atoms with van der Waals surface area (Å²) in [6.45, 7) is 2.35. The maximum atomic E-state index is 14.4. The number of carbonyl (C=O) groups excluding carboxylic acids is 1. The molecule has 1 amide bonds. The fraction of sp³-hybridized carbons (Fsp3) is 0.556. The van der Waals surface area contributed by atoms with E-state index in [1.165, 1.54) is 12.4 Å². The molecule has 3 saturated carbocycles. The molecule has 1 N–H and O–H groups in total. The number of nitrogens with zero attached hydrogens (tertiary/aromatic N) is 4. The van der Waals surface area contributed by atoms with Crippen LogP contribution < -0.4 is 15.0 Å². The highest BCUT2D eigenvalue weighted by Gasteiger charge is 2.72. The molecule has 3 heterocycles. The third-order valence-corrected chi connectivity index (χ3v) is 6.60. The molecule has 3 aliphatic carbocycles. The first-order valence-electron chi connectivity index (χ1n) is 9.36. The lowest BCUT2D eigenvalue weighted by molar-refractivity contribution is -0.260. The van der Waals surface area contributed by atoms with Gasteiger partial charge >= 0.3 is 0 Å². The lowest BCUT2D eigenvalue weighted by atomic mass is 9.41. The lowest BCUT2D eigenvalue weighted by Crippen LogP contribution is -2.72. The normalized spacial score (nSPS) is 27.7. The number of hydrogen-bond acceptors (Lipinski definition) is 9. The topological polar surface area (TPSA) is 98.7 Å². The third kappa shape index (κ3) is 3.22. The molecule has 2 aromatic rings. The Kier molecular flexibility index (Phi) is 4.41. The summed E-state index contributed by atoms with van der Waals surface area (Å²) in [6.07, 6.45) is 4.98. The first kappa shape index (κ1) is 18.6. The van der Waals surface area contributed by atoms with Gasteiger partial charge in [-0.1, -0.05) is 11.3 Å². The van der Waals surface area contributed by atoms with Crippen molar-refractivity contribution in [2.45, 2.75) is 24.9 Å². The van der Waals surface area contributed by atoms with Gasteiger partial charge in [-0.3, -0.25) is 4.79 Å². The van der Waals surface area contributed by atoms with Gasteiger partial charge < -0.3 is 24.4 Å². The zero-order valence-corrected chi connectivity index (χ0v) is 16.6. The summed E-state index contributed by atoms with van der Waals surface area (Å²) >= 11 is 1.12. The van der Waals surface area contributed by atoms with E-state index in [1.807, 2.05) is 4.90 Å². The van der Waals surface area contributed by atoms with Gasteiger partial charge in [0.15, 0.2) is 5.13 Å². The quantitative estimate of drug-likeness (QED) is 0.709. The van der Waals surface area contributed by atoms with Crippen LogP contribution in [0.15, 0.2) is 12.4 Å². The number of hydrogen-bond donors (Lipinski definition) is 1. The van der Waals surface area contributed by atoms with E-state index in [1.54, 1.807) is 7.11 Å². The molecule has 0 radical (unpaired) electrons. The van der Waals surface area contributed by atoms with Gasteiger partial charge in [0.05, 0.1) is 36.6 Å². The van der Waals surface area contributed by atoms with Crippen LogP contribution in [-0.4, -0.2) is 59.9 Å². The monoisotopic (exact) mass is 421 g/mol. The first-order valence-corrected chi connectivity index (χ1v) is 10.2. The molecule has 154 valence electrons. The standard InChI is InChI=1S/C18H20FN5O4S/c1-26-18-8-17(9-18,10-18)14(25)23-16-21-7-12(29-16)28-11-6-20-15(22-13(11)19)24-2-4-27-5-3-24/h6-7H,2-5,8-10H2,1H3,(H,21,23,25). The van der Waals surface area contributed by atoms with Crippen molar-refractivity contribution in [3.63, 3.8) is 0 Å². The first-order chi connectivity index (χ1) is 14.0. The molecule has 1 aliphatic heterocycles. The number of carbonyl (C=O) groups is 1. The molecule has 0 atom stereocenters. The number of morpholine rings is 1. The number of halogens is 1. The molecule has 4 fully saturated rings. The highest BCUT2D eigenvalue weighted by molar-refractivity contribution is 7.17. The van der Waals surface area contributed by atoms with Crippen molar-refractivity contribution in [3.05, 3.63) is 18.3 Å². The highest BCUT2D eigenvalue weighted by atomic mass is 32.1. The second-order valence-corrected chi connectivity index (χ2v) is 8.66. The molecule has 0 unspecified atom stereocenters. The van der Waals surface area contributed by atoms with Crippen LogP contribution in [0.1, 0.15) is 19.3 Å². The number of aromatic nitrogens is 3. The molecule has 9 nitrogen and oxygen atoms in total. The van der Waals surface area contributed by atoms with Gasteiger partial charge in [-0.05, 0) is 19.3 Å². The Bertz CT molecular complexity index is 928. The molecule has 0 aromatic carbocycles. The molecule has 1 saturated heterocycles. The van der Waals surface area contributed by atoms with Gasteiger partial charge in [0, 0.05) is 20.2 Å². The predicted octanol–water partition coefficient (Wildman–Crippen LogP) is 2.21. The average molecular weight is 421 g/mol. The lowest BCUT2D eigenvalue weighted by Gasteiger charge is -2.67. The van der Waals surface area contributed by atoms with E-state index in [9.17, 15) is 9.18 Å². The van der Waals surface area contributed by atoms with Gasteiger partial charge in [0.1, 0.15) is 0 Å². The van der Waals surface area contributed by atoms with E-state index in [4.69, 9.17) is 14.2 Å². The number of thiazole rings is 1. The second kappa shape index (κ2) is 6.85. The number of methoxy groups -OCH3 is 1.